The van der Waals surface area contributed by atoms with Crippen LogP contribution in [0.3, 0.4) is 0 Å². The lowest BCUT2D eigenvalue weighted by Gasteiger charge is -2.11. The highest BCUT2D eigenvalue weighted by Crippen LogP contribution is 2.30. The molecule has 4 aromatic heterocycles. The lowest BCUT2D eigenvalue weighted by atomic mass is 10.1. The van der Waals surface area contributed by atoms with E-state index >= 15 is 0 Å². The number of aromatic nitrogens is 3. The average molecular weight is 438 g/mol. The Labute approximate surface area is 183 Å². The van der Waals surface area contributed by atoms with Crippen molar-refractivity contribution < 1.29 is 14.0 Å². The van der Waals surface area contributed by atoms with E-state index in [1.807, 2.05) is 32.9 Å². The first-order chi connectivity index (χ1) is 14.7. The zero-order valence-electron chi connectivity index (χ0n) is 17.9. The smallest absolute Gasteiger partial charge is 0.273 e. The number of amides is 2. The number of carbonyl (C=O) groups is 2. The van der Waals surface area contributed by atoms with E-state index in [-0.39, 0.29) is 6.04 Å². The Hall–Kier alpha value is -3.46. The fraction of sp³-hybridized carbons (Fsp3) is 0.273. The number of thiophene rings is 1. The van der Waals surface area contributed by atoms with E-state index in [0.717, 1.165) is 9.75 Å². The van der Waals surface area contributed by atoms with E-state index in [9.17, 15) is 9.59 Å². The molecule has 0 atom stereocenters. The Morgan fingerprint density at radius 1 is 1.06 bits per heavy atom. The van der Waals surface area contributed by atoms with Crippen molar-refractivity contribution >= 4 is 34.2 Å². The van der Waals surface area contributed by atoms with Gasteiger partial charge >= 0.3 is 0 Å². The van der Waals surface area contributed by atoms with E-state index in [1.54, 1.807) is 48.2 Å². The standard InChI is InChI=1S/C22H23N5O3S/c1-11(2)27-20-17(10-23-27)16(9-18(24-20)19-7-6-13(4)31-19)22(29)26-25-21(28)15-8-12(3)30-14(15)5/h6-11H,1-5H3,(H,25,28)(H,26,29). The number of rotatable bonds is 4. The van der Waals surface area contributed by atoms with Crippen LogP contribution in [0.15, 0.2) is 34.9 Å². The average Bonchev–Trinajstić information content (AvgIpc) is 3.42. The maximum absolute atomic E-state index is 13.0. The van der Waals surface area contributed by atoms with E-state index in [2.05, 4.69) is 16.0 Å². The van der Waals surface area contributed by atoms with Gasteiger partial charge in [-0.2, -0.15) is 5.10 Å². The molecule has 0 saturated carbocycles. The second-order valence-corrected chi connectivity index (χ2v) is 8.91. The van der Waals surface area contributed by atoms with Crippen molar-refractivity contribution in [3.63, 3.8) is 0 Å². The fourth-order valence-electron chi connectivity index (χ4n) is 3.39. The molecule has 8 nitrogen and oxygen atoms in total. The van der Waals surface area contributed by atoms with E-state index in [4.69, 9.17) is 9.40 Å². The maximum Gasteiger partial charge on any atom is 0.273 e. The van der Waals surface area contributed by atoms with Crippen molar-refractivity contribution in [3.8, 4) is 10.6 Å². The molecule has 0 aliphatic rings. The number of furan rings is 1. The third-order valence-corrected chi connectivity index (χ3v) is 5.89. The Morgan fingerprint density at radius 2 is 1.77 bits per heavy atom. The molecule has 2 amide bonds. The summed E-state index contributed by atoms with van der Waals surface area (Å²) in [6.45, 7) is 9.49. The molecule has 0 aliphatic carbocycles. The number of hydrazine groups is 1. The monoisotopic (exact) mass is 437 g/mol. The Morgan fingerprint density at radius 3 is 2.35 bits per heavy atom. The van der Waals surface area contributed by atoms with Crippen LogP contribution in [0.4, 0.5) is 0 Å². The van der Waals surface area contributed by atoms with E-state index in [1.165, 1.54) is 0 Å². The van der Waals surface area contributed by atoms with Gasteiger partial charge in [-0.3, -0.25) is 20.4 Å². The van der Waals surface area contributed by atoms with Crippen LogP contribution >= 0.6 is 11.3 Å². The molecule has 0 aliphatic heterocycles. The minimum absolute atomic E-state index is 0.0771. The Kier molecular flexibility index (Phi) is 5.36. The second-order valence-electron chi connectivity index (χ2n) is 7.62. The number of hydrogen-bond donors (Lipinski definition) is 2. The number of pyridine rings is 1. The molecular formula is C22H23N5O3S. The summed E-state index contributed by atoms with van der Waals surface area (Å²) in [5.74, 6) is 0.224. The summed E-state index contributed by atoms with van der Waals surface area (Å²) in [7, 11) is 0. The van der Waals surface area contributed by atoms with Gasteiger partial charge in [-0.05, 0) is 58.9 Å². The normalized spacial score (nSPS) is 11.3. The molecule has 0 unspecified atom stereocenters. The summed E-state index contributed by atoms with van der Waals surface area (Å²) < 4.78 is 7.17. The molecule has 0 bridgehead atoms. The summed E-state index contributed by atoms with van der Waals surface area (Å²) >= 11 is 1.60. The molecule has 0 saturated heterocycles. The second kappa shape index (κ2) is 7.99. The van der Waals surface area contributed by atoms with Crippen LogP contribution < -0.4 is 10.9 Å². The molecule has 0 spiro atoms. The molecule has 0 radical (unpaired) electrons. The third kappa shape index (κ3) is 3.96. The summed E-state index contributed by atoms with van der Waals surface area (Å²) in [5, 5.41) is 5.03. The van der Waals surface area contributed by atoms with E-state index < -0.39 is 11.8 Å². The largest absolute Gasteiger partial charge is 0.466 e. The molecule has 4 heterocycles. The number of hydrogen-bond acceptors (Lipinski definition) is 6. The van der Waals surface area contributed by atoms with Gasteiger partial charge in [-0.15, -0.1) is 11.3 Å². The lowest BCUT2D eigenvalue weighted by Crippen LogP contribution is -2.41. The predicted octanol–water partition coefficient (Wildman–Crippen LogP) is 4.33. The number of fused-ring (bicyclic) bond motifs is 1. The first-order valence-electron chi connectivity index (χ1n) is 9.87. The van der Waals surface area contributed by atoms with Crippen molar-refractivity contribution in [1.29, 1.82) is 0 Å². The number of nitrogens with one attached hydrogen (secondary N) is 2. The molecule has 0 fully saturated rings. The number of aryl methyl sites for hydroxylation is 3. The maximum atomic E-state index is 13.0. The Balaban J connectivity index is 1.69. The Bertz CT molecular complexity index is 1300. The minimum atomic E-state index is -0.448. The summed E-state index contributed by atoms with van der Waals surface area (Å²) in [5.41, 5.74) is 7.04. The van der Waals surface area contributed by atoms with Gasteiger partial charge in [0.15, 0.2) is 5.65 Å². The first kappa shape index (κ1) is 20.8. The quantitative estimate of drug-likeness (QED) is 0.463. The minimum Gasteiger partial charge on any atom is -0.466 e. The zero-order chi connectivity index (χ0) is 22.3. The summed E-state index contributed by atoms with van der Waals surface area (Å²) in [4.78, 5) is 32.4. The van der Waals surface area contributed by atoms with Gasteiger partial charge in [0.05, 0.1) is 33.3 Å². The van der Waals surface area contributed by atoms with Crippen LogP contribution in [-0.4, -0.2) is 26.6 Å². The number of nitrogens with zero attached hydrogens (tertiary/aromatic N) is 3. The topological polar surface area (TPSA) is 102 Å². The van der Waals surface area contributed by atoms with Gasteiger partial charge in [0, 0.05) is 10.9 Å². The van der Waals surface area contributed by atoms with Gasteiger partial charge in [-0.25, -0.2) is 9.67 Å². The molecule has 4 rings (SSSR count). The third-order valence-electron chi connectivity index (χ3n) is 4.87. The fourth-order valence-corrected chi connectivity index (χ4v) is 4.21. The number of carbonyl (C=O) groups excluding carboxylic acids is 2. The van der Waals surface area contributed by atoms with Gasteiger partial charge in [0.2, 0.25) is 0 Å². The van der Waals surface area contributed by atoms with Crippen molar-refractivity contribution in [2.24, 2.45) is 0 Å². The van der Waals surface area contributed by atoms with Crippen molar-refractivity contribution in [2.45, 2.75) is 40.7 Å². The van der Waals surface area contributed by atoms with Crippen LogP contribution in [-0.2, 0) is 0 Å². The SMILES string of the molecule is Cc1cc(C(=O)NNC(=O)c2cc(-c3ccc(C)s3)nc3c2cnn3C(C)C)c(C)o1. The van der Waals surface area contributed by atoms with Crippen LogP contribution in [0.2, 0.25) is 0 Å². The van der Waals surface area contributed by atoms with E-state index in [0.29, 0.717) is 39.4 Å². The van der Waals surface area contributed by atoms with Crippen LogP contribution in [0.5, 0.6) is 0 Å². The van der Waals surface area contributed by atoms with Crippen molar-refractivity contribution in [2.75, 3.05) is 0 Å². The van der Waals surface area contributed by atoms with Crippen molar-refractivity contribution in [1.82, 2.24) is 25.6 Å². The highest BCUT2D eigenvalue weighted by molar-refractivity contribution is 7.15. The predicted molar refractivity (Wildman–Crippen MR) is 119 cm³/mol. The van der Waals surface area contributed by atoms with Crippen LogP contribution in [0.1, 0.15) is 57.0 Å². The first-order valence-corrected chi connectivity index (χ1v) is 10.7. The van der Waals surface area contributed by atoms with Crippen molar-refractivity contribution in [3.05, 3.63) is 58.0 Å². The van der Waals surface area contributed by atoms with Crippen LogP contribution in [0.25, 0.3) is 21.6 Å². The molecule has 0 aromatic carbocycles. The molecule has 2 N–H and O–H groups in total. The van der Waals surface area contributed by atoms with Gasteiger partial charge < -0.3 is 4.42 Å². The molecule has 160 valence electrons. The molecular weight excluding hydrogens is 414 g/mol. The van der Waals surface area contributed by atoms with Gasteiger partial charge in [0.1, 0.15) is 11.5 Å². The lowest BCUT2D eigenvalue weighted by molar-refractivity contribution is 0.0846. The highest BCUT2D eigenvalue weighted by Gasteiger charge is 2.20. The molecule has 4 aromatic rings. The van der Waals surface area contributed by atoms with Gasteiger partial charge in [0.25, 0.3) is 11.8 Å². The molecule has 9 heteroatoms. The summed E-state index contributed by atoms with van der Waals surface area (Å²) in [6, 6.07) is 7.44. The zero-order valence-corrected chi connectivity index (χ0v) is 18.8. The summed E-state index contributed by atoms with van der Waals surface area (Å²) in [6.07, 6.45) is 1.63. The highest BCUT2D eigenvalue weighted by atomic mass is 32.1. The van der Waals surface area contributed by atoms with Gasteiger partial charge in [-0.1, -0.05) is 0 Å². The van der Waals surface area contributed by atoms with Crippen LogP contribution in [0, 0.1) is 20.8 Å². The molecule has 31 heavy (non-hydrogen) atoms.